The highest BCUT2D eigenvalue weighted by Gasteiger charge is 2.20. The van der Waals surface area contributed by atoms with Gasteiger partial charge < -0.3 is 9.26 Å². The summed E-state index contributed by atoms with van der Waals surface area (Å²) in [6, 6.07) is 0. The Morgan fingerprint density at radius 2 is 2.20 bits per heavy atom. The van der Waals surface area contributed by atoms with Crippen LogP contribution in [0, 0.1) is 0 Å². The minimum atomic E-state index is -0.499. The van der Waals surface area contributed by atoms with Crippen LogP contribution in [0.5, 0.6) is 0 Å². The highest BCUT2D eigenvalue weighted by Crippen LogP contribution is 2.13. The van der Waals surface area contributed by atoms with Gasteiger partial charge in [-0.15, -0.1) is 5.10 Å². The van der Waals surface area contributed by atoms with Crippen LogP contribution in [-0.2, 0) is 17.7 Å². The van der Waals surface area contributed by atoms with Crippen molar-refractivity contribution >= 4 is 5.97 Å². The van der Waals surface area contributed by atoms with E-state index >= 15 is 0 Å². The fraction of sp³-hybridized carbons (Fsp3) is 0.583. The zero-order valence-electron chi connectivity index (χ0n) is 12.0. The third-order valence-electron chi connectivity index (χ3n) is 2.84. The Morgan fingerprint density at radius 3 is 2.75 bits per heavy atom. The molecule has 0 saturated heterocycles. The normalized spacial score (nSPS) is 11.1. The second kappa shape index (κ2) is 5.81. The number of methoxy groups -OCH3 is 1. The predicted octanol–water partition coefficient (Wildman–Crippen LogP) is 1.18. The molecule has 0 aliphatic rings. The summed E-state index contributed by atoms with van der Waals surface area (Å²) in [4.78, 5) is 15.8. The average molecular weight is 279 g/mol. The number of aromatic nitrogens is 5. The average Bonchev–Trinajstić information content (AvgIpc) is 3.05. The Kier molecular flexibility index (Phi) is 4.11. The molecule has 2 heterocycles. The molecule has 2 aromatic rings. The van der Waals surface area contributed by atoms with Crippen molar-refractivity contribution in [3.05, 3.63) is 23.1 Å². The van der Waals surface area contributed by atoms with E-state index in [1.807, 2.05) is 20.8 Å². The fourth-order valence-electron chi connectivity index (χ4n) is 1.76. The first kappa shape index (κ1) is 14.2. The number of carbonyl (C=O) groups excluding carboxylic acids is 1. The van der Waals surface area contributed by atoms with Crippen LogP contribution in [0.2, 0.25) is 0 Å². The van der Waals surface area contributed by atoms with E-state index in [2.05, 4.69) is 25.2 Å². The van der Waals surface area contributed by atoms with Crippen molar-refractivity contribution in [1.29, 1.82) is 0 Å². The highest BCUT2D eigenvalue weighted by atomic mass is 16.5. The lowest BCUT2D eigenvalue weighted by molar-refractivity contribution is 0.0592. The van der Waals surface area contributed by atoms with Gasteiger partial charge in [0.25, 0.3) is 0 Å². The molecule has 0 fully saturated rings. The summed E-state index contributed by atoms with van der Waals surface area (Å²) in [5.41, 5.74) is 0.903. The quantitative estimate of drug-likeness (QED) is 0.758. The number of rotatable bonds is 5. The van der Waals surface area contributed by atoms with Crippen LogP contribution in [0.25, 0.3) is 0 Å². The molecule has 0 radical (unpaired) electrons. The van der Waals surface area contributed by atoms with Gasteiger partial charge in [0, 0.05) is 5.92 Å². The largest absolute Gasteiger partial charge is 0.464 e. The van der Waals surface area contributed by atoms with Gasteiger partial charge in [0.2, 0.25) is 5.89 Å². The van der Waals surface area contributed by atoms with Crippen LogP contribution in [0.1, 0.15) is 54.6 Å². The molecule has 0 N–H and O–H groups in total. The Labute approximate surface area is 116 Å². The first-order chi connectivity index (χ1) is 9.56. The van der Waals surface area contributed by atoms with Gasteiger partial charge in [-0.05, 0) is 6.42 Å². The summed E-state index contributed by atoms with van der Waals surface area (Å²) in [5, 5.41) is 11.7. The second-order valence-corrected chi connectivity index (χ2v) is 4.59. The molecule has 0 aliphatic heterocycles. The molecule has 8 nitrogen and oxygen atoms in total. The molecule has 0 saturated carbocycles. The zero-order chi connectivity index (χ0) is 14.7. The van der Waals surface area contributed by atoms with Crippen molar-refractivity contribution in [3.63, 3.8) is 0 Å². The van der Waals surface area contributed by atoms with Gasteiger partial charge >= 0.3 is 5.97 Å². The molecule has 0 aromatic carbocycles. The third kappa shape index (κ3) is 2.68. The van der Waals surface area contributed by atoms with Crippen molar-refractivity contribution < 1.29 is 14.1 Å². The van der Waals surface area contributed by atoms with E-state index in [1.54, 1.807) is 4.68 Å². The summed E-state index contributed by atoms with van der Waals surface area (Å²) in [5.74, 6) is 0.775. The van der Waals surface area contributed by atoms with Gasteiger partial charge in [-0.25, -0.2) is 9.48 Å². The molecular weight excluding hydrogens is 262 g/mol. The van der Waals surface area contributed by atoms with Crippen LogP contribution in [-0.4, -0.2) is 38.2 Å². The van der Waals surface area contributed by atoms with E-state index in [-0.39, 0.29) is 18.2 Å². The topological polar surface area (TPSA) is 95.9 Å². The molecule has 8 heteroatoms. The Hall–Kier alpha value is -2.25. The molecule has 0 aliphatic carbocycles. The number of esters is 1. The Morgan fingerprint density at radius 1 is 1.45 bits per heavy atom. The standard InChI is InChI=1S/C12H17N5O3/c1-5-8-10(12(18)19-4)14-16-17(8)6-9-13-11(7(2)3)15-20-9/h7H,5-6H2,1-4H3. The van der Waals surface area contributed by atoms with Gasteiger partial charge in [-0.3, -0.25) is 0 Å². The smallest absolute Gasteiger partial charge is 0.360 e. The highest BCUT2D eigenvalue weighted by molar-refractivity contribution is 5.88. The molecule has 0 atom stereocenters. The van der Waals surface area contributed by atoms with Crippen LogP contribution in [0.15, 0.2) is 4.52 Å². The Bertz CT molecular complexity index is 602. The SMILES string of the molecule is CCc1c(C(=O)OC)nnn1Cc1nc(C(C)C)no1. The fourth-order valence-corrected chi connectivity index (χ4v) is 1.76. The number of nitrogens with zero attached hydrogens (tertiary/aromatic N) is 5. The summed E-state index contributed by atoms with van der Waals surface area (Å²) in [6.45, 7) is 6.16. The van der Waals surface area contributed by atoms with Gasteiger partial charge in [-0.1, -0.05) is 31.1 Å². The summed E-state index contributed by atoms with van der Waals surface area (Å²) in [7, 11) is 1.31. The number of hydrogen-bond acceptors (Lipinski definition) is 7. The van der Waals surface area contributed by atoms with E-state index in [0.717, 1.165) is 0 Å². The van der Waals surface area contributed by atoms with Gasteiger partial charge in [-0.2, -0.15) is 4.98 Å². The molecule has 0 spiro atoms. The maximum absolute atomic E-state index is 11.6. The van der Waals surface area contributed by atoms with Crippen LogP contribution in [0.3, 0.4) is 0 Å². The number of carbonyl (C=O) groups is 1. The first-order valence-electron chi connectivity index (χ1n) is 6.40. The van der Waals surface area contributed by atoms with Crippen molar-refractivity contribution in [3.8, 4) is 0 Å². The summed E-state index contributed by atoms with van der Waals surface area (Å²) in [6.07, 6.45) is 0.600. The van der Waals surface area contributed by atoms with Crippen LogP contribution < -0.4 is 0 Å². The molecule has 2 rings (SSSR count). The molecule has 0 unspecified atom stereocenters. The van der Waals surface area contributed by atoms with E-state index in [4.69, 9.17) is 4.52 Å². The van der Waals surface area contributed by atoms with E-state index < -0.39 is 5.97 Å². The van der Waals surface area contributed by atoms with E-state index in [9.17, 15) is 4.79 Å². The zero-order valence-corrected chi connectivity index (χ0v) is 12.0. The molecule has 2 aromatic heterocycles. The Balaban J connectivity index is 2.24. The van der Waals surface area contributed by atoms with Crippen LogP contribution in [0.4, 0.5) is 0 Å². The van der Waals surface area contributed by atoms with E-state index in [0.29, 0.717) is 23.8 Å². The second-order valence-electron chi connectivity index (χ2n) is 4.59. The monoisotopic (exact) mass is 279 g/mol. The molecule has 0 amide bonds. The maximum Gasteiger partial charge on any atom is 0.360 e. The van der Waals surface area contributed by atoms with E-state index in [1.165, 1.54) is 7.11 Å². The lowest BCUT2D eigenvalue weighted by Gasteiger charge is -2.02. The van der Waals surface area contributed by atoms with Crippen LogP contribution >= 0.6 is 0 Å². The van der Waals surface area contributed by atoms with Crippen molar-refractivity contribution in [1.82, 2.24) is 25.1 Å². The van der Waals surface area contributed by atoms with Gasteiger partial charge in [0.1, 0.15) is 6.54 Å². The number of hydrogen-bond donors (Lipinski definition) is 0. The minimum absolute atomic E-state index is 0.194. The first-order valence-corrected chi connectivity index (χ1v) is 6.40. The lowest BCUT2D eigenvalue weighted by atomic mass is 10.2. The summed E-state index contributed by atoms with van der Waals surface area (Å²) >= 11 is 0. The molecular formula is C12H17N5O3. The van der Waals surface area contributed by atoms with Crippen molar-refractivity contribution in [2.24, 2.45) is 0 Å². The molecule has 0 bridgehead atoms. The molecule has 108 valence electrons. The van der Waals surface area contributed by atoms with Crippen molar-refractivity contribution in [2.45, 2.75) is 39.7 Å². The van der Waals surface area contributed by atoms with Crippen molar-refractivity contribution in [2.75, 3.05) is 7.11 Å². The maximum atomic E-state index is 11.6. The predicted molar refractivity (Wildman–Crippen MR) is 68.2 cm³/mol. The summed E-state index contributed by atoms with van der Waals surface area (Å²) < 4.78 is 11.4. The molecule has 20 heavy (non-hydrogen) atoms. The lowest BCUT2D eigenvalue weighted by Crippen LogP contribution is -2.10. The van der Waals surface area contributed by atoms with Gasteiger partial charge in [0.15, 0.2) is 11.5 Å². The third-order valence-corrected chi connectivity index (χ3v) is 2.84. The number of ether oxygens (including phenoxy) is 1. The van der Waals surface area contributed by atoms with Gasteiger partial charge in [0.05, 0.1) is 12.8 Å². The minimum Gasteiger partial charge on any atom is -0.464 e.